The quantitative estimate of drug-likeness (QED) is 0.684. The fourth-order valence-electron chi connectivity index (χ4n) is 2.21. The van der Waals surface area contributed by atoms with Gasteiger partial charge < -0.3 is 10.1 Å². The van der Waals surface area contributed by atoms with Gasteiger partial charge in [-0.25, -0.2) is 0 Å². The zero-order valence-electron chi connectivity index (χ0n) is 9.05. The molecule has 1 rings (SSSR count). The van der Waals surface area contributed by atoms with Crippen LogP contribution in [0.15, 0.2) is 0 Å². The molecule has 1 N–H and O–H groups in total. The van der Waals surface area contributed by atoms with Crippen LogP contribution in [-0.2, 0) is 4.74 Å². The third kappa shape index (κ3) is 2.93. The van der Waals surface area contributed by atoms with Gasteiger partial charge in [0.1, 0.15) is 0 Å². The molecule has 0 aromatic heterocycles. The van der Waals surface area contributed by atoms with Crippen LogP contribution >= 0.6 is 0 Å². The molecular formula is C10H22N2O. The first-order chi connectivity index (χ1) is 6.29. The molecule has 1 aliphatic carbocycles. The molecule has 0 aromatic carbocycles. The van der Waals surface area contributed by atoms with Gasteiger partial charge in [-0.05, 0) is 26.9 Å². The van der Waals surface area contributed by atoms with Gasteiger partial charge in [0.25, 0.3) is 0 Å². The summed E-state index contributed by atoms with van der Waals surface area (Å²) in [4.78, 5) is 2.41. The fraction of sp³-hybridized carbons (Fsp3) is 1.00. The summed E-state index contributed by atoms with van der Waals surface area (Å²) < 4.78 is 5.08. The molecule has 1 fully saturated rings. The Labute approximate surface area is 81.4 Å². The number of hydrogen-bond donors (Lipinski definition) is 1. The molecule has 0 spiro atoms. The predicted molar refractivity (Wildman–Crippen MR) is 55.0 cm³/mol. The van der Waals surface area contributed by atoms with E-state index in [-0.39, 0.29) is 0 Å². The van der Waals surface area contributed by atoms with Gasteiger partial charge in [-0.3, -0.25) is 4.90 Å². The smallest absolute Gasteiger partial charge is 0.0589 e. The van der Waals surface area contributed by atoms with Crippen LogP contribution < -0.4 is 5.32 Å². The Bertz CT molecular complexity index is 141. The lowest BCUT2D eigenvalue weighted by atomic mass is 10.1. The van der Waals surface area contributed by atoms with Gasteiger partial charge in [0.2, 0.25) is 0 Å². The summed E-state index contributed by atoms with van der Waals surface area (Å²) in [5.74, 6) is 0. The maximum absolute atomic E-state index is 5.08. The van der Waals surface area contributed by atoms with E-state index in [0.717, 1.165) is 13.2 Å². The summed E-state index contributed by atoms with van der Waals surface area (Å²) in [7, 11) is 6.02. The number of hydrogen-bond acceptors (Lipinski definition) is 3. The maximum atomic E-state index is 5.08. The topological polar surface area (TPSA) is 24.5 Å². The number of nitrogens with one attached hydrogen (secondary N) is 1. The normalized spacial score (nSPS) is 28.6. The lowest BCUT2D eigenvalue weighted by molar-refractivity contribution is 0.131. The van der Waals surface area contributed by atoms with E-state index in [2.05, 4.69) is 24.3 Å². The zero-order valence-corrected chi connectivity index (χ0v) is 9.05. The van der Waals surface area contributed by atoms with E-state index >= 15 is 0 Å². The van der Waals surface area contributed by atoms with Crippen molar-refractivity contribution in [2.24, 2.45) is 0 Å². The van der Waals surface area contributed by atoms with Gasteiger partial charge in [0.05, 0.1) is 6.61 Å². The predicted octanol–water partition coefficient (Wildman–Crippen LogP) is 0.705. The molecule has 0 aliphatic heterocycles. The molecule has 0 amide bonds. The van der Waals surface area contributed by atoms with Crippen molar-refractivity contribution >= 4 is 0 Å². The standard InChI is InChI=1S/C10H22N2O/c1-11-9-5-4-6-10(9)12(2)7-8-13-3/h9-11H,4-8H2,1-3H3. The molecule has 2 unspecified atom stereocenters. The van der Waals surface area contributed by atoms with E-state index < -0.39 is 0 Å². The molecule has 2 atom stereocenters. The van der Waals surface area contributed by atoms with E-state index in [0.29, 0.717) is 12.1 Å². The molecule has 0 radical (unpaired) electrons. The number of methoxy groups -OCH3 is 1. The van der Waals surface area contributed by atoms with E-state index in [1.807, 2.05) is 0 Å². The molecule has 3 nitrogen and oxygen atoms in total. The van der Waals surface area contributed by atoms with Gasteiger partial charge in [-0.15, -0.1) is 0 Å². The van der Waals surface area contributed by atoms with E-state index in [9.17, 15) is 0 Å². The van der Waals surface area contributed by atoms with Gasteiger partial charge in [-0.1, -0.05) is 6.42 Å². The molecular weight excluding hydrogens is 164 g/mol. The minimum absolute atomic E-state index is 0.682. The Hall–Kier alpha value is -0.120. The summed E-state index contributed by atoms with van der Waals surface area (Å²) in [5.41, 5.74) is 0. The van der Waals surface area contributed by atoms with Gasteiger partial charge >= 0.3 is 0 Å². The number of ether oxygens (including phenoxy) is 1. The van der Waals surface area contributed by atoms with Crippen molar-refractivity contribution in [2.75, 3.05) is 34.4 Å². The molecule has 78 valence electrons. The Morgan fingerprint density at radius 1 is 1.46 bits per heavy atom. The van der Waals surface area contributed by atoms with Crippen LogP contribution in [0.25, 0.3) is 0 Å². The highest BCUT2D eigenvalue weighted by molar-refractivity contribution is 4.88. The Morgan fingerprint density at radius 2 is 2.23 bits per heavy atom. The molecule has 3 heteroatoms. The summed E-state index contributed by atoms with van der Waals surface area (Å²) >= 11 is 0. The summed E-state index contributed by atoms with van der Waals surface area (Å²) in [6, 6.07) is 1.39. The third-order valence-electron chi connectivity index (χ3n) is 3.06. The molecule has 0 saturated heterocycles. The minimum atomic E-state index is 0.682. The van der Waals surface area contributed by atoms with Crippen molar-refractivity contribution < 1.29 is 4.74 Å². The summed E-state index contributed by atoms with van der Waals surface area (Å²) in [5, 5.41) is 3.39. The van der Waals surface area contributed by atoms with E-state index in [4.69, 9.17) is 4.74 Å². The Morgan fingerprint density at radius 3 is 2.85 bits per heavy atom. The molecule has 0 aromatic rings. The summed E-state index contributed by atoms with van der Waals surface area (Å²) in [6.45, 7) is 1.88. The first-order valence-electron chi connectivity index (χ1n) is 5.16. The van der Waals surface area contributed by atoms with Crippen LogP contribution in [0.5, 0.6) is 0 Å². The van der Waals surface area contributed by atoms with Gasteiger partial charge in [0, 0.05) is 25.7 Å². The van der Waals surface area contributed by atoms with E-state index in [1.165, 1.54) is 19.3 Å². The highest BCUT2D eigenvalue weighted by atomic mass is 16.5. The van der Waals surface area contributed by atoms with Crippen LogP contribution in [0.3, 0.4) is 0 Å². The SMILES string of the molecule is CNC1CCCC1N(C)CCOC. The molecule has 0 heterocycles. The average Bonchev–Trinajstić information content (AvgIpc) is 2.61. The van der Waals surface area contributed by atoms with Crippen LogP contribution in [-0.4, -0.2) is 51.3 Å². The Balaban J connectivity index is 2.31. The first kappa shape index (κ1) is 11.0. The van der Waals surface area contributed by atoms with Crippen LogP contribution in [0, 0.1) is 0 Å². The van der Waals surface area contributed by atoms with Crippen molar-refractivity contribution in [2.45, 2.75) is 31.3 Å². The Kier molecular flexibility index (Phi) is 4.70. The molecule has 1 aliphatic rings. The molecule has 1 saturated carbocycles. The summed E-state index contributed by atoms with van der Waals surface area (Å²) in [6.07, 6.45) is 4.00. The lowest BCUT2D eigenvalue weighted by Gasteiger charge is -2.29. The van der Waals surface area contributed by atoms with Crippen LogP contribution in [0.1, 0.15) is 19.3 Å². The first-order valence-corrected chi connectivity index (χ1v) is 5.16. The second kappa shape index (κ2) is 5.58. The van der Waals surface area contributed by atoms with Crippen LogP contribution in [0.2, 0.25) is 0 Å². The van der Waals surface area contributed by atoms with Gasteiger partial charge in [0.15, 0.2) is 0 Å². The highest BCUT2D eigenvalue weighted by Crippen LogP contribution is 2.22. The van der Waals surface area contributed by atoms with Crippen molar-refractivity contribution in [3.8, 4) is 0 Å². The number of rotatable bonds is 5. The second-order valence-corrected chi connectivity index (χ2v) is 3.87. The van der Waals surface area contributed by atoms with Crippen molar-refractivity contribution in [3.05, 3.63) is 0 Å². The van der Waals surface area contributed by atoms with Crippen molar-refractivity contribution in [3.63, 3.8) is 0 Å². The number of nitrogens with zero attached hydrogens (tertiary/aromatic N) is 1. The monoisotopic (exact) mass is 186 g/mol. The van der Waals surface area contributed by atoms with Gasteiger partial charge in [-0.2, -0.15) is 0 Å². The highest BCUT2D eigenvalue weighted by Gasteiger charge is 2.28. The number of likely N-dealkylation sites (N-methyl/N-ethyl adjacent to an activating group) is 2. The maximum Gasteiger partial charge on any atom is 0.0589 e. The van der Waals surface area contributed by atoms with Crippen molar-refractivity contribution in [1.29, 1.82) is 0 Å². The minimum Gasteiger partial charge on any atom is -0.383 e. The average molecular weight is 186 g/mol. The van der Waals surface area contributed by atoms with Crippen molar-refractivity contribution in [1.82, 2.24) is 10.2 Å². The molecule has 13 heavy (non-hydrogen) atoms. The fourth-order valence-corrected chi connectivity index (χ4v) is 2.21. The largest absolute Gasteiger partial charge is 0.383 e. The van der Waals surface area contributed by atoms with E-state index in [1.54, 1.807) is 7.11 Å². The second-order valence-electron chi connectivity index (χ2n) is 3.87. The molecule has 0 bridgehead atoms. The van der Waals surface area contributed by atoms with Crippen LogP contribution in [0.4, 0.5) is 0 Å². The lowest BCUT2D eigenvalue weighted by Crippen LogP contribution is -2.44. The zero-order chi connectivity index (χ0) is 9.68. The third-order valence-corrected chi connectivity index (χ3v) is 3.06.